The first kappa shape index (κ1) is 20.8. The van der Waals surface area contributed by atoms with E-state index in [2.05, 4.69) is 70.6 Å². The minimum absolute atomic E-state index is 0.104. The molecular formula is C22H30BrNO2. The maximum atomic E-state index is 5.90. The summed E-state index contributed by atoms with van der Waals surface area (Å²) in [5.74, 6) is 1.58. The quantitative estimate of drug-likeness (QED) is 0.531. The van der Waals surface area contributed by atoms with Gasteiger partial charge in [-0.05, 0) is 79.7 Å². The van der Waals surface area contributed by atoms with Gasteiger partial charge in [0, 0.05) is 12.6 Å². The van der Waals surface area contributed by atoms with Crippen LogP contribution in [0.3, 0.4) is 0 Å². The Labute approximate surface area is 166 Å². The zero-order chi connectivity index (χ0) is 18.9. The van der Waals surface area contributed by atoms with E-state index >= 15 is 0 Å². The van der Waals surface area contributed by atoms with Crippen molar-refractivity contribution in [3.05, 3.63) is 58.1 Å². The van der Waals surface area contributed by atoms with Gasteiger partial charge >= 0.3 is 0 Å². The lowest BCUT2D eigenvalue weighted by Gasteiger charge is -2.19. The van der Waals surface area contributed by atoms with Gasteiger partial charge in [-0.15, -0.1) is 0 Å². The van der Waals surface area contributed by atoms with Crippen LogP contribution < -0.4 is 14.8 Å². The van der Waals surface area contributed by atoms with Gasteiger partial charge in [-0.25, -0.2) is 0 Å². The standard InChI is InChI=1S/C22H30BrNO2/c1-5-25-21-14-19(13-20(23)22(21)26-16(2)3)15-24-17(4)11-12-18-9-7-6-8-10-18/h6-10,13-14,16-17,24H,5,11-12,15H2,1-4H3/t17-/m1/s1. The van der Waals surface area contributed by atoms with Crippen molar-refractivity contribution in [1.29, 1.82) is 0 Å². The van der Waals surface area contributed by atoms with E-state index in [-0.39, 0.29) is 6.10 Å². The first-order chi connectivity index (χ1) is 12.5. The summed E-state index contributed by atoms with van der Waals surface area (Å²) in [6.07, 6.45) is 2.30. The second kappa shape index (κ2) is 10.6. The van der Waals surface area contributed by atoms with E-state index in [9.17, 15) is 0 Å². The first-order valence-corrected chi connectivity index (χ1v) is 10.2. The fraction of sp³-hybridized carbons (Fsp3) is 0.455. The van der Waals surface area contributed by atoms with Crippen molar-refractivity contribution in [1.82, 2.24) is 5.32 Å². The summed E-state index contributed by atoms with van der Waals surface area (Å²) in [6.45, 7) is 9.68. The zero-order valence-electron chi connectivity index (χ0n) is 16.2. The Balaban J connectivity index is 1.95. The smallest absolute Gasteiger partial charge is 0.175 e. The molecule has 0 fully saturated rings. The molecule has 1 N–H and O–H groups in total. The summed E-state index contributed by atoms with van der Waals surface area (Å²) < 4.78 is 12.6. The third kappa shape index (κ3) is 6.65. The van der Waals surface area contributed by atoms with E-state index in [1.54, 1.807) is 0 Å². The molecule has 0 aliphatic carbocycles. The molecule has 0 aromatic heterocycles. The lowest BCUT2D eigenvalue weighted by Crippen LogP contribution is -2.26. The van der Waals surface area contributed by atoms with Crippen molar-refractivity contribution in [2.24, 2.45) is 0 Å². The average Bonchev–Trinajstić information content (AvgIpc) is 2.62. The van der Waals surface area contributed by atoms with Crippen LogP contribution in [-0.4, -0.2) is 18.8 Å². The molecular weight excluding hydrogens is 390 g/mol. The summed E-state index contributed by atoms with van der Waals surface area (Å²) in [6, 6.07) is 15.3. The van der Waals surface area contributed by atoms with Gasteiger partial charge in [-0.2, -0.15) is 0 Å². The number of halogens is 1. The summed E-state index contributed by atoms with van der Waals surface area (Å²) in [5, 5.41) is 3.61. The third-order valence-corrected chi connectivity index (χ3v) is 4.68. The number of ether oxygens (including phenoxy) is 2. The summed E-state index contributed by atoms with van der Waals surface area (Å²) in [4.78, 5) is 0. The van der Waals surface area contributed by atoms with Gasteiger partial charge in [-0.3, -0.25) is 0 Å². The Morgan fingerprint density at radius 2 is 1.77 bits per heavy atom. The van der Waals surface area contributed by atoms with E-state index in [4.69, 9.17) is 9.47 Å². The molecule has 0 heterocycles. The maximum absolute atomic E-state index is 5.90. The molecule has 0 spiro atoms. The summed E-state index contributed by atoms with van der Waals surface area (Å²) in [5.41, 5.74) is 2.57. The Hall–Kier alpha value is -1.52. The molecule has 4 heteroatoms. The maximum Gasteiger partial charge on any atom is 0.175 e. The highest BCUT2D eigenvalue weighted by molar-refractivity contribution is 9.10. The topological polar surface area (TPSA) is 30.5 Å². The molecule has 2 aromatic rings. The zero-order valence-corrected chi connectivity index (χ0v) is 17.8. The highest BCUT2D eigenvalue weighted by Crippen LogP contribution is 2.37. The molecule has 0 saturated carbocycles. The van der Waals surface area contributed by atoms with Crippen LogP contribution in [0.4, 0.5) is 0 Å². The van der Waals surface area contributed by atoms with Crippen molar-refractivity contribution >= 4 is 15.9 Å². The van der Waals surface area contributed by atoms with Crippen LogP contribution in [0.5, 0.6) is 11.5 Å². The fourth-order valence-electron chi connectivity index (χ4n) is 2.76. The number of hydrogen-bond acceptors (Lipinski definition) is 3. The minimum atomic E-state index is 0.104. The van der Waals surface area contributed by atoms with Gasteiger partial charge in [0.05, 0.1) is 17.2 Å². The molecule has 2 rings (SSSR count). The first-order valence-electron chi connectivity index (χ1n) is 9.38. The molecule has 0 aliphatic heterocycles. The van der Waals surface area contributed by atoms with Crippen LogP contribution in [0.1, 0.15) is 45.2 Å². The molecule has 2 aromatic carbocycles. The molecule has 0 bridgehead atoms. The monoisotopic (exact) mass is 419 g/mol. The van der Waals surface area contributed by atoms with Crippen LogP contribution in [0, 0.1) is 0 Å². The predicted octanol–water partition coefficient (Wildman–Crippen LogP) is 5.75. The predicted molar refractivity (Wildman–Crippen MR) is 112 cm³/mol. The van der Waals surface area contributed by atoms with E-state index in [0.29, 0.717) is 12.6 Å². The normalized spacial score (nSPS) is 12.2. The van der Waals surface area contributed by atoms with Crippen LogP contribution in [0.25, 0.3) is 0 Å². The van der Waals surface area contributed by atoms with Crippen molar-refractivity contribution in [2.75, 3.05) is 6.61 Å². The van der Waals surface area contributed by atoms with Gasteiger partial charge in [0.2, 0.25) is 0 Å². The number of rotatable bonds is 10. The summed E-state index contributed by atoms with van der Waals surface area (Å²) in [7, 11) is 0. The summed E-state index contributed by atoms with van der Waals surface area (Å²) >= 11 is 3.63. The van der Waals surface area contributed by atoms with Gasteiger partial charge in [0.1, 0.15) is 0 Å². The van der Waals surface area contributed by atoms with Crippen LogP contribution in [0.15, 0.2) is 46.9 Å². The van der Waals surface area contributed by atoms with E-state index in [1.165, 1.54) is 11.1 Å². The fourth-order valence-corrected chi connectivity index (χ4v) is 3.34. The Kier molecular flexibility index (Phi) is 8.46. The van der Waals surface area contributed by atoms with E-state index in [0.717, 1.165) is 35.4 Å². The van der Waals surface area contributed by atoms with Crippen LogP contribution >= 0.6 is 15.9 Å². The molecule has 26 heavy (non-hydrogen) atoms. The second-order valence-corrected chi connectivity index (χ2v) is 7.67. The largest absolute Gasteiger partial charge is 0.490 e. The minimum Gasteiger partial charge on any atom is -0.490 e. The molecule has 0 radical (unpaired) electrons. The Bertz CT molecular complexity index is 673. The number of benzene rings is 2. The molecule has 3 nitrogen and oxygen atoms in total. The van der Waals surface area contributed by atoms with Gasteiger partial charge in [-0.1, -0.05) is 30.3 Å². The lowest BCUT2D eigenvalue weighted by molar-refractivity contribution is 0.222. The molecule has 0 saturated heterocycles. The molecule has 142 valence electrons. The molecule has 0 aliphatic rings. The van der Waals surface area contributed by atoms with Crippen molar-refractivity contribution in [3.8, 4) is 11.5 Å². The Morgan fingerprint density at radius 3 is 2.42 bits per heavy atom. The van der Waals surface area contributed by atoms with Crippen molar-refractivity contribution < 1.29 is 9.47 Å². The van der Waals surface area contributed by atoms with Crippen molar-refractivity contribution in [3.63, 3.8) is 0 Å². The van der Waals surface area contributed by atoms with E-state index in [1.807, 2.05) is 20.8 Å². The van der Waals surface area contributed by atoms with Gasteiger partial charge < -0.3 is 14.8 Å². The van der Waals surface area contributed by atoms with Crippen LogP contribution in [-0.2, 0) is 13.0 Å². The highest BCUT2D eigenvalue weighted by Gasteiger charge is 2.14. The number of aryl methyl sites for hydroxylation is 1. The molecule has 1 atom stereocenters. The SMILES string of the molecule is CCOc1cc(CN[C@H](C)CCc2ccccc2)cc(Br)c1OC(C)C. The van der Waals surface area contributed by atoms with Gasteiger partial charge in [0.25, 0.3) is 0 Å². The van der Waals surface area contributed by atoms with Crippen LogP contribution in [0.2, 0.25) is 0 Å². The Morgan fingerprint density at radius 1 is 1.04 bits per heavy atom. The van der Waals surface area contributed by atoms with E-state index < -0.39 is 0 Å². The van der Waals surface area contributed by atoms with Gasteiger partial charge in [0.15, 0.2) is 11.5 Å². The van der Waals surface area contributed by atoms with Crippen molar-refractivity contribution in [2.45, 2.75) is 59.2 Å². The third-order valence-electron chi connectivity index (χ3n) is 4.09. The molecule has 0 unspecified atom stereocenters. The average molecular weight is 420 g/mol. The molecule has 0 amide bonds. The second-order valence-electron chi connectivity index (χ2n) is 6.81. The number of hydrogen-bond donors (Lipinski definition) is 1. The highest BCUT2D eigenvalue weighted by atomic mass is 79.9. The number of nitrogens with one attached hydrogen (secondary N) is 1. The lowest BCUT2D eigenvalue weighted by atomic mass is 10.1.